The average Bonchev–Trinajstić information content (AvgIpc) is 2.77. The molecule has 5 heteroatoms. The summed E-state index contributed by atoms with van der Waals surface area (Å²) in [6.45, 7) is 9.16. The standard InChI is InChI=1S/C28H28O4S/c1-27(2)18-28(3,4)33-24-15-12-21(16-23(24)27)26(30)32-22-13-10-20(11-14-22)25(29)31-17-19-8-6-5-7-9-19/h5-16H,17-18H2,1-4H3. The summed E-state index contributed by atoms with van der Waals surface area (Å²) in [6, 6.07) is 21.7. The lowest BCUT2D eigenvalue weighted by molar-refractivity contribution is 0.0472. The smallest absolute Gasteiger partial charge is 0.343 e. The maximum atomic E-state index is 12.8. The number of carbonyl (C=O) groups excluding carboxylic acids is 2. The zero-order valence-electron chi connectivity index (χ0n) is 19.4. The fraction of sp³-hybridized carbons (Fsp3) is 0.286. The molecule has 0 aliphatic carbocycles. The Kier molecular flexibility index (Phi) is 6.35. The first-order valence-corrected chi connectivity index (χ1v) is 11.8. The fourth-order valence-corrected chi connectivity index (χ4v) is 6.01. The third kappa shape index (κ3) is 5.48. The van der Waals surface area contributed by atoms with Crippen LogP contribution in [0.15, 0.2) is 77.7 Å². The van der Waals surface area contributed by atoms with Gasteiger partial charge in [0.05, 0.1) is 11.1 Å². The minimum absolute atomic E-state index is 0.0257. The van der Waals surface area contributed by atoms with E-state index in [9.17, 15) is 9.59 Å². The van der Waals surface area contributed by atoms with Crippen molar-refractivity contribution >= 4 is 23.7 Å². The third-order valence-electron chi connectivity index (χ3n) is 5.71. The van der Waals surface area contributed by atoms with E-state index in [2.05, 4.69) is 27.7 Å². The summed E-state index contributed by atoms with van der Waals surface area (Å²) in [5.41, 5.74) is 3.00. The van der Waals surface area contributed by atoms with Crippen LogP contribution >= 0.6 is 11.8 Å². The maximum absolute atomic E-state index is 12.8. The SMILES string of the molecule is CC1(C)CC(C)(C)c2cc(C(=O)Oc3ccc(C(=O)OCc4ccccc4)cc3)ccc2S1. The van der Waals surface area contributed by atoms with Crippen molar-refractivity contribution in [1.29, 1.82) is 0 Å². The predicted molar refractivity (Wildman–Crippen MR) is 131 cm³/mol. The van der Waals surface area contributed by atoms with E-state index in [1.807, 2.05) is 60.3 Å². The molecule has 0 bridgehead atoms. The molecule has 0 atom stereocenters. The van der Waals surface area contributed by atoms with Crippen molar-refractivity contribution in [3.63, 3.8) is 0 Å². The number of esters is 2. The Morgan fingerprint density at radius 2 is 1.52 bits per heavy atom. The predicted octanol–water partition coefficient (Wildman–Crippen LogP) is 6.81. The fourth-order valence-electron chi connectivity index (χ4n) is 4.40. The second-order valence-corrected chi connectivity index (χ2v) is 11.4. The van der Waals surface area contributed by atoms with Gasteiger partial charge in [-0.15, -0.1) is 11.8 Å². The second kappa shape index (κ2) is 9.06. The number of carbonyl (C=O) groups is 2. The molecule has 0 amide bonds. The van der Waals surface area contributed by atoms with Gasteiger partial charge in [-0.2, -0.15) is 0 Å². The van der Waals surface area contributed by atoms with Crippen molar-refractivity contribution in [2.75, 3.05) is 0 Å². The van der Waals surface area contributed by atoms with Crippen molar-refractivity contribution in [2.24, 2.45) is 0 Å². The van der Waals surface area contributed by atoms with Gasteiger partial charge in [0.25, 0.3) is 0 Å². The van der Waals surface area contributed by atoms with E-state index in [4.69, 9.17) is 9.47 Å². The Labute approximate surface area is 199 Å². The molecule has 0 aromatic heterocycles. The molecule has 33 heavy (non-hydrogen) atoms. The number of ether oxygens (including phenoxy) is 2. The largest absolute Gasteiger partial charge is 0.457 e. The summed E-state index contributed by atoms with van der Waals surface area (Å²) in [5.74, 6) is -0.455. The molecule has 1 heterocycles. The van der Waals surface area contributed by atoms with Crippen molar-refractivity contribution in [1.82, 2.24) is 0 Å². The van der Waals surface area contributed by atoms with Crippen LogP contribution in [0.2, 0.25) is 0 Å². The van der Waals surface area contributed by atoms with Gasteiger partial charge in [0.15, 0.2) is 0 Å². The molecule has 0 unspecified atom stereocenters. The average molecular weight is 461 g/mol. The lowest BCUT2D eigenvalue weighted by Gasteiger charge is -2.41. The monoisotopic (exact) mass is 460 g/mol. The molecule has 0 spiro atoms. The quantitative estimate of drug-likeness (QED) is 0.309. The summed E-state index contributed by atoms with van der Waals surface area (Å²) in [6.07, 6.45) is 1.03. The summed E-state index contributed by atoms with van der Waals surface area (Å²) in [5, 5.41) is 0. The molecule has 0 saturated heterocycles. The van der Waals surface area contributed by atoms with Crippen molar-refractivity contribution in [3.8, 4) is 5.75 Å². The number of hydrogen-bond donors (Lipinski definition) is 0. The molecule has 3 aromatic carbocycles. The van der Waals surface area contributed by atoms with Gasteiger partial charge in [-0.1, -0.05) is 58.0 Å². The molecular formula is C28H28O4S. The summed E-state index contributed by atoms with van der Waals surface area (Å²) in [4.78, 5) is 26.3. The van der Waals surface area contributed by atoms with E-state index >= 15 is 0 Å². The highest BCUT2D eigenvalue weighted by Crippen LogP contribution is 2.51. The summed E-state index contributed by atoms with van der Waals surface area (Å²) in [7, 11) is 0. The van der Waals surface area contributed by atoms with E-state index in [1.165, 1.54) is 10.5 Å². The van der Waals surface area contributed by atoms with E-state index in [0.717, 1.165) is 12.0 Å². The number of hydrogen-bond acceptors (Lipinski definition) is 5. The highest BCUT2D eigenvalue weighted by molar-refractivity contribution is 8.00. The highest BCUT2D eigenvalue weighted by Gasteiger charge is 2.38. The Morgan fingerprint density at radius 1 is 0.848 bits per heavy atom. The Morgan fingerprint density at radius 3 is 2.21 bits per heavy atom. The Bertz CT molecular complexity index is 1160. The van der Waals surface area contributed by atoms with Crippen LogP contribution in [0.1, 0.15) is 66.0 Å². The van der Waals surface area contributed by atoms with Crippen LogP contribution in [-0.2, 0) is 16.8 Å². The van der Waals surface area contributed by atoms with Gasteiger partial charge < -0.3 is 9.47 Å². The second-order valence-electron chi connectivity index (χ2n) is 9.61. The van der Waals surface area contributed by atoms with Crippen molar-refractivity contribution in [2.45, 2.75) is 55.8 Å². The molecule has 1 aliphatic heterocycles. The lowest BCUT2D eigenvalue weighted by Crippen LogP contribution is -2.33. The topological polar surface area (TPSA) is 52.6 Å². The number of thioether (sulfide) groups is 1. The minimum atomic E-state index is -0.422. The molecule has 1 aliphatic rings. The molecule has 3 aromatic rings. The minimum Gasteiger partial charge on any atom is -0.457 e. The van der Waals surface area contributed by atoms with Crippen LogP contribution in [-0.4, -0.2) is 16.7 Å². The Balaban J connectivity index is 1.41. The molecular weight excluding hydrogens is 432 g/mol. The maximum Gasteiger partial charge on any atom is 0.343 e. The van der Waals surface area contributed by atoms with E-state index in [0.29, 0.717) is 16.9 Å². The van der Waals surface area contributed by atoms with Gasteiger partial charge in [-0.05, 0) is 65.4 Å². The molecule has 0 radical (unpaired) electrons. The van der Waals surface area contributed by atoms with Gasteiger partial charge in [0, 0.05) is 9.64 Å². The number of benzene rings is 3. The molecule has 4 rings (SSSR count). The van der Waals surface area contributed by atoms with Crippen LogP contribution < -0.4 is 4.74 Å². The van der Waals surface area contributed by atoms with Gasteiger partial charge in [-0.3, -0.25) is 0 Å². The van der Waals surface area contributed by atoms with E-state index < -0.39 is 11.9 Å². The Hall–Kier alpha value is -3.05. The molecule has 170 valence electrons. The molecule has 4 nitrogen and oxygen atoms in total. The van der Waals surface area contributed by atoms with Crippen LogP contribution in [0.3, 0.4) is 0 Å². The number of rotatable bonds is 5. The third-order valence-corrected chi connectivity index (χ3v) is 6.98. The van der Waals surface area contributed by atoms with Gasteiger partial charge in [-0.25, -0.2) is 9.59 Å². The lowest BCUT2D eigenvalue weighted by atomic mass is 9.76. The van der Waals surface area contributed by atoms with Crippen LogP contribution in [0.25, 0.3) is 0 Å². The summed E-state index contributed by atoms with van der Waals surface area (Å²) < 4.78 is 11.1. The van der Waals surface area contributed by atoms with Crippen LogP contribution in [0, 0.1) is 0 Å². The number of fused-ring (bicyclic) bond motifs is 1. The summed E-state index contributed by atoms with van der Waals surface area (Å²) >= 11 is 1.85. The van der Waals surface area contributed by atoms with Crippen LogP contribution in [0.5, 0.6) is 5.75 Å². The zero-order valence-corrected chi connectivity index (χ0v) is 20.2. The van der Waals surface area contributed by atoms with Gasteiger partial charge in [0.2, 0.25) is 0 Å². The van der Waals surface area contributed by atoms with Crippen LogP contribution in [0.4, 0.5) is 0 Å². The normalized spacial score (nSPS) is 15.9. The van der Waals surface area contributed by atoms with Gasteiger partial charge in [0.1, 0.15) is 12.4 Å². The van der Waals surface area contributed by atoms with E-state index in [1.54, 1.807) is 24.3 Å². The highest BCUT2D eigenvalue weighted by atomic mass is 32.2. The molecule has 0 N–H and O–H groups in total. The zero-order chi connectivity index (χ0) is 23.6. The van der Waals surface area contributed by atoms with E-state index in [-0.39, 0.29) is 16.8 Å². The van der Waals surface area contributed by atoms with Crippen molar-refractivity contribution in [3.05, 3.63) is 95.1 Å². The molecule has 0 fully saturated rings. The van der Waals surface area contributed by atoms with Gasteiger partial charge >= 0.3 is 11.9 Å². The first-order chi connectivity index (χ1) is 15.6. The first kappa shape index (κ1) is 23.1. The first-order valence-electron chi connectivity index (χ1n) is 11.0. The molecule has 0 saturated carbocycles. The van der Waals surface area contributed by atoms with Crippen molar-refractivity contribution < 1.29 is 19.1 Å².